The first-order valence-corrected chi connectivity index (χ1v) is 12.5. The molecule has 0 bridgehead atoms. The van der Waals surface area contributed by atoms with Crippen molar-refractivity contribution in [3.8, 4) is 0 Å². The molecule has 0 fully saturated rings. The van der Waals surface area contributed by atoms with Crippen molar-refractivity contribution in [2.24, 2.45) is 7.05 Å². The molecule has 0 aliphatic heterocycles. The van der Waals surface area contributed by atoms with Gasteiger partial charge in [0, 0.05) is 42.7 Å². The van der Waals surface area contributed by atoms with E-state index in [0.717, 1.165) is 22.3 Å². The molecule has 0 radical (unpaired) electrons. The van der Waals surface area contributed by atoms with Gasteiger partial charge >= 0.3 is 0 Å². The Hall–Kier alpha value is -3.50. The predicted molar refractivity (Wildman–Crippen MR) is 138 cm³/mol. The standard InChI is InChI=1S/C22H25N7O2S.C2H6/c1-14-6-7-16(12-20(14)32(30,31)23-3)25-22-24-11-10-21(26-22)28(4)17-8-9-18-15(2)29(5)27-19(18)13-17;1-2/h6-13,23H,1-5H3,(H,24,25,26);1-2H3. The first-order chi connectivity index (χ1) is 16.2. The van der Waals surface area contributed by atoms with Crippen molar-refractivity contribution in [2.75, 3.05) is 24.3 Å². The molecule has 0 saturated heterocycles. The summed E-state index contributed by atoms with van der Waals surface area (Å²) in [5.41, 5.74) is 4.20. The highest BCUT2D eigenvalue weighted by Crippen LogP contribution is 2.28. The van der Waals surface area contributed by atoms with Gasteiger partial charge < -0.3 is 10.2 Å². The van der Waals surface area contributed by atoms with Crippen LogP contribution in [0.1, 0.15) is 25.1 Å². The van der Waals surface area contributed by atoms with Crippen molar-refractivity contribution in [3.63, 3.8) is 0 Å². The molecule has 0 saturated carbocycles. The summed E-state index contributed by atoms with van der Waals surface area (Å²) < 4.78 is 28.7. The second-order valence-corrected chi connectivity index (χ2v) is 9.38. The molecule has 0 atom stereocenters. The molecule has 0 aliphatic carbocycles. The highest BCUT2D eigenvalue weighted by molar-refractivity contribution is 7.89. The number of sulfonamides is 1. The van der Waals surface area contributed by atoms with Crippen LogP contribution in [0.5, 0.6) is 0 Å². The third-order valence-corrected chi connectivity index (χ3v) is 7.04. The molecule has 4 rings (SSSR count). The van der Waals surface area contributed by atoms with Crippen LogP contribution in [-0.2, 0) is 17.1 Å². The van der Waals surface area contributed by atoms with Gasteiger partial charge in [0.15, 0.2) is 0 Å². The third kappa shape index (κ3) is 5.02. The van der Waals surface area contributed by atoms with Gasteiger partial charge in [-0.1, -0.05) is 19.9 Å². The lowest BCUT2D eigenvalue weighted by Crippen LogP contribution is -2.19. The quantitative estimate of drug-likeness (QED) is 0.420. The van der Waals surface area contributed by atoms with Crippen LogP contribution in [-0.4, -0.2) is 42.3 Å². The molecule has 4 aromatic rings. The Bertz CT molecular complexity index is 1410. The highest BCUT2D eigenvalue weighted by Gasteiger charge is 2.16. The summed E-state index contributed by atoms with van der Waals surface area (Å²) in [5.74, 6) is 1.05. The number of aromatic nitrogens is 4. The Morgan fingerprint density at radius 3 is 2.47 bits per heavy atom. The molecular weight excluding hydrogens is 450 g/mol. The normalized spacial score (nSPS) is 11.1. The van der Waals surface area contributed by atoms with E-state index >= 15 is 0 Å². The average molecular weight is 482 g/mol. The van der Waals surface area contributed by atoms with Crippen molar-refractivity contribution in [1.82, 2.24) is 24.5 Å². The number of hydrogen-bond donors (Lipinski definition) is 2. The van der Waals surface area contributed by atoms with E-state index < -0.39 is 10.0 Å². The van der Waals surface area contributed by atoms with Gasteiger partial charge in [-0.2, -0.15) is 10.1 Å². The minimum atomic E-state index is -3.57. The molecule has 9 nitrogen and oxygen atoms in total. The number of benzene rings is 2. The first kappa shape index (κ1) is 25.1. The summed E-state index contributed by atoms with van der Waals surface area (Å²) in [6.07, 6.45) is 1.66. The number of anilines is 4. The Balaban J connectivity index is 0.00000158. The zero-order valence-corrected chi connectivity index (χ0v) is 21.4. The van der Waals surface area contributed by atoms with Gasteiger partial charge in [-0.25, -0.2) is 18.1 Å². The zero-order valence-electron chi connectivity index (χ0n) is 20.6. The third-order valence-electron chi connectivity index (χ3n) is 5.49. The van der Waals surface area contributed by atoms with Crippen LogP contribution in [0.3, 0.4) is 0 Å². The van der Waals surface area contributed by atoms with Gasteiger partial charge in [0.05, 0.1) is 10.4 Å². The van der Waals surface area contributed by atoms with Gasteiger partial charge in [-0.05, 0) is 62.9 Å². The van der Waals surface area contributed by atoms with Crippen LogP contribution >= 0.6 is 0 Å². The lowest BCUT2D eigenvalue weighted by atomic mass is 10.2. The lowest BCUT2D eigenvalue weighted by molar-refractivity contribution is 0.587. The second kappa shape index (κ2) is 10.2. The van der Waals surface area contributed by atoms with Crippen molar-refractivity contribution < 1.29 is 8.42 Å². The molecular formula is C24H31N7O2S. The number of nitrogens with zero attached hydrogens (tertiary/aromatic N) is 5. The van der Waals surface area contributed by atoms with Gasteiger partial charge in [0.25, 0.3) is 0 Å². The number of fused-ring (bicyclic) bond motifs is 1. The van der Waals surface area contributed by atoms with Crippen LogP contribution in [0, 0.1) is 13.8 Å². The summed E-state index contributed by atoms with van der Waals surface area (Å²) in [4.78, 5) is 11.0. The molecule has 2 aromatic carbocycles. The lowest BCUT2D eigenvalue weighted by Gasteiger charge is -2.19. The summed E-state index contributed by atoms with van der Waals surface area (Å²) in [6.45, 7) is 7.79. The monoisotopic (exact) mass is 481 g/mol. The molecule has 0 aliphatic rings. The Labute approximate surface area is 200 Å². The van der Waals surface area contributed by atoms with E-state index in [-0.39, 0.29) is 4.90 Å². The van der Waals surface area contributed by atoms with Gasteiger partial charge in [-0.3, -0.25) is 4.68 Å². The molecule has 2 aromatic heterocycles. The fourth-order valence-corrected chi connectivity index (χ4v) is 4.46. The maximum atomic E-state index is 12.3. The smallest absolute Gasteiger partial charge is 0.240 e. The van der Waals surface area contributed by atoms with E-state index in [1.165, 1.54) is 7.05 Å². The first-order valence-electron chi connectivity index (χ1n) is 11.0. The summed E-state index contributed by atoms with van der Waals surface area (Å²) in [7, 11) is 1.68. The summed E-state index contributed by atoms with van der Waals surface area (Å²) >= 11 is 0. The van der Waals surface area contributed by atoms with E-state index in [2.05, 4.69) is 31.2 Å². The topological polar surface area (TPSA) is 105 Å². The number of hydrogen-bond acceptors (Lipinski definition) is 7. The van der Waals surface area contributed by atoms with Crippen LogP contribution in [0.2, 0.25) is 0 Å². The van der Waals surface area contributed by atoms with Gasteiger partial charge in [0.1, 0.15) is 5.82 Å². The van der Waals surface area contributed by atoms with E-state index in [0.29, 0.717) is 23.0 Å². The van der Waals surface area contributed by atoms with E-state index in [1.807, 2.05) is 62.6 Å². The maximum absolute atomic E-state index is 12.3. The zero-order chi connectivity index (χ0) is 25.0. The number of nitrogens with one attached hydrogen (secondary N) is 2. The molecule has 10 heteroatoms. The van der Waals surface area contributed by atoms with Crippen LogP contribution < -0.4 is 14.9 Å². The van der Waals surface area contributed by atoms with Crippen LogP contribution in [0.4, 0.5) is 23.1 Å². The SMILES string of the molecule is CC.CNS(=O)(=O)c1cc(Nc2nccc(N(C)c3ccc4c(C)n(C)nc4c3)n2)ccc1C. The molecule has 0 spiro atoms. The Kier molecular flexibility index (Phi) is 7.53. The van der Waals surface area contributed by atoms with Crippen molar-refractivity contribution in [1.29, 1.82) is 0 Å². The number of aryl methyl sites for hydroxylation is 3. The summed E-state index contributed by atoms with van der Waals surface area (Å²) in [5, 5.41) is 8.77. The molecule has 0 unspecified atom stereocenters. The van der Waals surface area contributed by atoms with Crippen LogP contribution in [0.25, 0.3) is 10.9 Å². The number of rotatable bonds is 6. The van der Waals surface area contributed by atoms with Crippen molar-refractivity contribution >= 4 is 44.1 Å². The predicted octanol–water partition coefficient (Wildman–Crippen LogP) is 4.43. The maximum Gasteiger partial charge on any atom is 0.240 e. The molecule has 2 heterocycles. The fraction of sp³-hybridized carbons (Fsp3) is 0.292. The van der Waals surface area contributed by atoms with Crippen molar-refractivity contribution in [3.05, 3.63) is 59.9 Å². The van der Waals surface area contributed by atoms with Crippen LogP contribution in [0.15, 0.2) is 53.6 Å². The average Bonchev–Trinajstić information content (AvgIpc) is 3.13. The van der Waals surface area contributed by atoms with E-state index in [1.54, 1.807) is 31.3 Å². The fourth-order valence-electron chi connectivity index (χ4n) is 3.46. The Morgan fingerprint density at radius 2 is 1.76 bits per heavy atom. The van der Waals surface area contributed by atoms with Gasteiger partial charge in [0.2, 0.25) is 16.0 Å². The molecule has 0 amide bonds. The minimum Gasteiger partial charge on any atom is -0.329 e. The Morgan fingerprint density at radius 1 is 1.03 bits per heavy atom. The summed E-state index contributed by atoms with van der Waals surface area (Å²) in [6, 6.07) is 13.0. The molecule has 180 valence electrons. The second-order valence-electron chi connectivity index (χ2n) is 7.52. The van der Waals surface area contributed by atoms with Crippen molar-refractivity contribution in [2.45, 2.75) is 32.6 Å². The van der Waals surface area contributed by atoms with Gasteiger partial charge in [-0.15, -0.1) is 0 Å². The van der Waals surface area contributed by atoms with E-state index in [9.17, 15) is 8.42 Å². The molecule has 2 N–H and O–H groups in total. The van der Waals surface area contributed by atoms with E-state index in [4.69, 9.17) is 0 Å². The molecule has 34 heavy (non-hydrogen) atoms. The largest absolute Gasteiger partial charge is 0.329 e. The highest BCUT2D eigenvalue weighted by atomic mass is 32.2. The minimum absolute atomic E-state index is 0.206.